The predicted octanol–water partition coefficient (Wildman–Crippen LogP) is 4.74. The van der Waals surface area contributed by atoms with E-state index in [2.05, 4.69) is 46.4 Å². The number of imidazole rings is 1. The van der Waals surface area contributed by atoms with Crippen molar-refractivity contribution in [1.82, 2.24) is 9.97 Å². The summed E-state index contributed by atoms with van der Waals surface area (Å²) in [5, 5.41) is 12.4. The number of aromatic hydroxyl groups is 1. The van der Waals surface area contributed by atoms with Crippen LogP contribution in [0.2, 0.25) is 0 Å². The molecule has 4 aromatic rings. The Bertz CT molecular complexity index is 952. The molecule has 2 N–H and O–H groups in total. The first-order valence-corrected chi connectivity index (χ1v) is 7.35. The Hall–Kier alpha value is -2.52. The number of aryl methyl sites for hydroxylation is 1. The molecule has 1 heterocycles. The number of benzene rings is 3. The molecule has 0 atom stereocenters. The van der Waals surface area contributed by atoms with Crippen molar-refractivity contribution in [3.05, 3.63) is 71.5 Å². The van der Waals surface area contributed by atoms with Crippen LogP contribution in [0.15, 0.2) is 54.6 Å². The lowest BCUT2D eigenvalue weighted by Gasteiger charge is -2.02. The Kier molecular flexibility index (Phi) is 3.97. The second-order valence-corrected chi connectivity index (χ2v) is 5.67. The lowest BCUT2D eigenvalue weighted by Crippen LogP contribution is -1.90. The monoisotopic (exact) mass is 324 g/mol. The summed E-state index contributed by atoms with van der Waals surface area (Å²) < 4.78 is 0. The minimum absolute atomic E-state index is 0. The lowest BCUT2D eigenvalue weighted by atomic mass is 10.1. The number of hydrogen-bond acceptors (Lipinski definition) is 2. The van der Waals surface area contributed by atoms with Gasteiger partial charge in [0.05, 0.1) is 5.52 Å². The molecule has 23 heavy (non-hydrogen) atoms. The van der Waals surface area contributed by atoms with Crippen molar-refractivity contribution >= 4 is 34.2 Å². The van der Waals surface area contributed by atoms with Crippen LogP contribution in [0.1, 0.15) is 17.0 Å². The number of halogens is 1. The zero-order valence-corrected chi connectivity index (χ0v) is 13.5. The summed E-state index contributed by atoms with van der Waals surface area (Å²) in [6, 6.07) is 18.4. The molecule has 0 saturated carbocycles. The van der Waals surface area contributed by atoms with Crippen molar-refractivity contribution in [2.45, 2.75) is 13.3 Å². The van der Waals surface area contributed by atoms with E-state index in [0.717, 1.165) is 23.3 Å². The molecule has 1 aromatic heterocycles. The van der Waals surface area contributed by atoms with Crippen LogP contribution in [0.4, 0.5) is 0 Å². The first kappa shape index (κ1) is 15.4. The number of H-pyrrole nitrogens is 1. The normalized spacial score (nSPS) is 10.8. The van der Waals surface area contributed by atoms with Crippen molar-refractivity contribution in [1.29, 1.82) is 0 Å². The molecule has 0 aliphatic heterocycles. The van der Waals surface area contributed by atoms with Gasteiger partial charge in [0.2, 0.25) is 0 Å². The van der Waals surface area contributed by atoms with Gasteiger partial charge in [0, 0.05) is 6.42 Å². The van der Waals surface area contributed by atoms with Crippen molar-refractivity contribution in [3.8, 4) is 5.75 Å². The lowest BCUT2D eigenvalue weighted by molar-refractivity contribution is 0.480. The van der Waals surface area contributed by atoms with Crippen molar-refractivity contribution in [2.24, 2.45) is 0 Å². The highest BCUT2D eigenvalue weighted by molar-refractivity contribution is 5.85. The summed E-state index contributed by atoms with van der Waals surface area (Å²) in [4.78, 5) is 7.87. The van der Waals surface area contributed by atoms with Crippen molar-refractivity contribution in [3.63, 3.8) is 0 Å². The van der Waals surface area contributed by atoms with Crippen LogP contribution in [-0.2, 0) is 6.42 Å². The summed E-state index contributed by atoms with van der Waals surface area (Å²) in [6.45, 7) is 2.01. The van der Waals surface area contributed by atoms with E-state index in [1.165, 1.54) is 16.3 Å². The van der Waals surface area contributed by atoms with E-state index in [0.29, 0.717) is 5.52 Å². The minimum atomic E-state index is 0. The first-order valence-electron chi connectivity index (χ1n) is 7.35. The summed E-state index contributed by atoms with van der Waals surface area (Å²) in [7, 11) is 0. The van der Waals surface area contributed by atoms with Crippen LogP contribution < -0.4 is 0 Å². The first-order chi connectivity index (χ1) is 10.7. The fourth-order valence-corrected chi connectivity index (χ4v) is 2.89. The van der Waals surface area contributed by atoms with Gasteiger partial charge in [-0.3, -0.25) is 0 Å². The molecule has 116 valence electrons. The molecule has 3 nitrogen and oxygen atoms in total. The maximum atomic E-state index is 9.93. The van der Waals surface area contributed by atoms with E-state index in [4.69, 9.17) is 0 Å². The van der Waals surface area contributed by atoms with Gasteiger partial charge in [0.15, 0.2) is 0 Å². The zero-order chi connectivity index (χ0) is 15.1. The third-order valence-electron chi connectivity index (χ3n) is 4.07. The van der Waals surface area contributed by atoms with E-state index in [9.17, 15) is 5.11 Å². The van der Waals surface area contributed by atoms with E-state index < -0.39 is 0 Å². The van der Waals surface area contributed by atoms with Gasteiger partial charge in [-0.25, -0.2) is 4.98 Å². The molecule has 0 fully saturated rings. The smallest absolute Gasteiger partial charge is 0.143 e. The van der Waals surface area contributed by atoms with Gasteiger partial charge in [-0.05, 0) is 34.9 Å². The molecule has 0 unspecified atom stereocenters. The Morgan fingerprint density at radius 1 is 1.00 bits per heavy atom. The number of nitrogens with zero attached hydrogens (tertiary/aromatic N) is 1. The molecular formula is C19H17ClN2O. The van der Waals surface area contributed by atoms with Crippen LogP contribution in [0.25, 0.3) is 21.8 Å². The number of nitrogens with one attached hydrogen (secondary N) is 1. The second-order valence-electron chi connectivity index (χ2n) is 5.67. The molecule has 0 spiro atoms. The quantitative estimate of drug-likeness (QED) is 0.559. The van der Waals surface area contributed by atoms with Crippen LogP contribution in [0, 0.1) is 6.92 Å². The summed E-state index contributed by atoms with van der Waals surface area (Å²) in [5.41, 5.74) is 3.85. The largest absolute Gasteiger partial charge is 0.506 e. The molecule has 0 radical (unpaired) electrons. The number of hydrogen-bond donors (Lipinski definition) is 2. The zero-order valence-electron chi connectivity index (χ0n) is 12.7. The Balaban J connectivity index is 0.00000156. The third-order valence-corrected chi connectivity index (χ3v) is 4.07. The number of rotatable bonds is 2. The molecule has 3 aromatic carbocycles. The number of phenols is 1. The second kappa shape index (κ2) is 5.94. The van der Waals surface area contributed by atoms with Crippen molar-refractivity contribution in [2.75, 3.05) is 0 Å². The Labute approximate surface area is 140 Å². The fraction of sp³-hybridized carbons (Fsp3) is 0.105. The van der Waals surface area contributed by atoms with Gasteiger partial charge in [-0.2, -0.15) is 0 Å². The summed E-state index contributed by atoms with van der Waals surface area (Å²) in [5.74, 6) is 1.09. The van der Waals surface area contributed by atoms with Gasteiger partial charge in [-0.15, -0.1) is 12.4 Å². The third kappa shape index (κ3) is 2.76. The van der Waals surface area contributed by atoms with Crippen LogP contribution >= 0.6 is 12.4 Å². The topological polar surface area (TPSA) is 48.9 Å². The standard InChI is InChI=1S/C19H16N2O.ClH/c1-12-6-9-16(22)19-18(12)20-17(21-19)11-13-7-8-14-4-2-3-5-15(14)10-13;/h2-10,22H,11H2,1H3,(H,20,21);1H. The highest BCUT2D eigenvalue weighted by Gasteiger charge is 2.09. The van der Waals surface area contributed by atoms with Gasteiger partial charge < -0.3 is 10.1 Å². The maximum Gasteiger partial charge on any atom is 0.143 e. The van der Waals surface area contributed by atoms with Gasteiger partial charge in [-0.1, -0.05) is 48.5 Å². The molecule has 0 saturated heterocycles. The SMILES string of the molecule is Cc1ccc(O)c2nc(Cc3ccc4ccccc4c3)[nH]c12.Cl. The molecule has 0 amide bonds. The number of aromatic amines is 1. The maximum absolute atomic E-state index is 9.93. The highest BCUT2D eigenvalue weighted by Crippen LogP contribution is 2.26. The average Bonchev–Trinajstić information content (AvgIpc) is 2.96. The van der Waals surface area contributed by atoms with Crippen LogP contribution in [-0.4, -0.2) is 15.1 Å². The Morgan fingerprint density at radius 2 is 1.78 bits per heavy atom. The average molecular weight is 325 g/mol. The Morgan fingerprint density at radius 3 is 2.57 bits per heavy atom. The summed E-state index contributed by atoms with van der Waals surface area (Å²) in [6.07, 6.45) is 0.721. The molecule has 4 rings (SSSR count). The van der Waals surface area contributed by atoms with E-state index in [-0.39, 0.29) is 18.2 Å². The molecule has 0 aliphatic rings. The highest BCUT2D eigenvalue weighted by atomic mass is 35.5. The number of fused-ring (bicyclic) bond motifs is 2. The fourth-order valence-electron chi connectivity index (χ4n) is 2.89. The van der Waals surface area contributed by atoms with E-state index in [1.807, 2.05) is 19.1 Å². The predicted molar refractivity (Wildman–Crippen MR) is 96.5 cm³/mol. The molecule has 4 heteroatoms. The van der Waals surface area contributed by atoms with Gasteiger partial charge >= 0.3 is 0 Å². The van der Waals surface area contributed by atoms with Gasteiger partial charge in [0.25, 0.3) is 0 Å². The summed E-state index contributed by atoms with van der Waals surface area (Å²) >= 11 is 0. The van der Waals surface area contributed by atoms with Crippen molar-refractivity contribution < 1.29 is 5.11 Å². The minimum Gasteiger partial charge on any atom is -0.506 e. The van der Waals surface area contributed by atoms with Crippen LogP contribution in [0.3, 0.4) is 0 Å². The van der Waals surface area contributed by atoms with Gasteiger partial charge in [0.1, 0.15) is 17.1 Å². The molecule has 0 bridgehead atoms. The van der Waals surface area contributed by atoms with Crippen LogP contribution in [0.5, 0.6) is 5.75 Å². The van der Waals surface area contributed by atoms with E-state index in [1.54, 1.807) is 6.07 Å². The number of aromatic nitrogens is 2. The number of phenolic OH excluding ortho intramolecular Hbond substituents is 1. The van der Waals surface area contributed by atoms with E-state index >= 15 is 0 Å². The molecular weight excluding hydrogens is 308 g/mol. The molecule has 0 aliphatic carbocycles.